The van der Waals surface area contributed by atoms with E-state index < -0.39 is 5.97 Å². The lowest BCUT2D eigenvalue weighted by Crippen LogP contribution is -2.06. The van der Waals surface area contributed by atoms with Gasteiger partial charge in [-0.1, -0.05) is 35.3 Å². The molecule has 0 unspecified atom stereocenters. The first kappa shape index (κ1) is 15.1. The van der Waals surface area contributed by atoms with Crippen molar-refractivity contribution < 1.29 is 19.0 Å². The molecule has 0 atom stereocenters. The number of ether oxygens (including phenoxy) is 3. The fourth-order valence-corrected chi connectivity index (χ4v) is 2.74. The van der Waals surface area contributed by atoms with E-state index in [4.69, 9.17) is 37.4 Å². The number of benzene rings is 2. The summed E-state index contributed by atoms with van der Waals surface area (Å²) in [5.74, 6) is 0.858. The predicted octanol–water partition coefficient (Wildman–Crippen LogP) is 4.07. The van der Waals surface area contributed by atoms with Crippen LogP contribution >= 0.6 is 23.2 Å². The summed E-state index contributed by atoms with van der Waals surface area (Å²) in [5.41, 5.74) is 1.37. The maximum absolute atomic E-state index is 12.1. The van der Waals surface area contributed by atoms with Gasteiger partial charge in [0.05, 0.1) is 15.6 Å². The number of hydrogen-bond donors (Lipinski definition) is 0. The van der Waals surface area contributed by atoms with Gasteiger partial charge < -0.3 is 14.2 Å². The Bertz CT molecular complexity index is 921. The molecule has 2 aromatic carbocycles. The third-order valence-corrected chi connectivity index (χ3v) is 4.32. The van der Waals surface area contributed by atoms with Gasteiger partial charge in [-0.2, -0.15) is 0 Å². The highest BCUT2D eigenvalue weighted by molar-refractivity contribution is 6.44. The molecule has 2 aliphatic heterocycles. The molecule has 4 rings (SSSR count). The molecule has 120 valence electrons. The first-order valence-corrected chi connectivity index (χ1v) is 7.74. The minimum absolute atomic E-state index is 0.125. The molecule has 2 aliphatic rings. The molecule has 2 aromatic rings. The highest BCUT2D eigenvalue weighted by Crippen LogP contribution is 2.34. The van der Waals surface area contributed by atoms with E-state index in [0.29, 0.717) is 22.1 Å². The van der Waals surface area contributed by atoms with Gasteiger partial charge in [0.2, 0.25) is 12.7 Å². The van der Waals surface area contributed by atoms with E-state index in [1.807, 2.05) is 0 Å². The molecule has 24 heavy (non-hydrogen) atoms. The van der Waals surface area contributed by atoms with Crippen LogP contribution in [0.3, 0.4) is 0 Å². The summed E-state index contributed by atoms with van der Waals surface area (Å²) in [6, 6.07) is 10.4. The number of rotatable bonds is 2. The molecule has 0 aromatic heterocycles. The van der Waals surface area contributed by atoms with E-state index in [-0.39, 0.29) is 23.4 Å². The number of halogens is 2. The lowest BCUT2D eigenvalue weighted by atomic mass is 10.1. The predicted molar refractivity (Wildman–Crippen MR) is 89.6 cm³/mol. The van der Waals surface area contributed by atoms with Crippen LogP contribution in [-0.2, 0) is 9.53 Å². The van der Waals surface area contributed by atoms with Crippen LogP contribution in [0.4, 0.5) is 0 Å². The lowest BCUT2D eigenvalue weighted by molar-refractivity contribution is -0.129. The van der Waals surface area contributed by atoms with Gasteiger partial charge in [-0.25, -0.2) is 9.79 Å². The van der Waals surface area contributed by atoms with Gasteiger partial charge in [0, 0.05) is 0 Å². The Hall–Kier alpha value is -2.50. The van der Waals surface area contributed by atoms with Gasteiger partial charge >= 0.3 is 5.97 Å². The zero-order chi connectivity index (χ0) is 16.7. The van der Waals surface area contributed by atoms with E-state index in [0.717, 1.165) is 5.56 Å². The molecule has 0 spiro atoms. The standard InChI is InChI=1S/C17H9Cl2NO4/c18-11-3-1-2-10(15(11)19)16-20-12(17(21)24-16)6-9-4-5-13-14(7-9)23-8-22-13/h1-7H,8H2/b12-6+. The second-order valence-corrected chi connectivity index (χ2v) is 5.84. The monoisotopic (exact) mass is 361 g/mol. The molecule has 0 saturated heterocycles. The highest BCUT2D eigenvalue weighted by atomic mass is 35.5. The van der Waals surface area contributed by atoms with Crippen molar-refractivity contribution in [3.8, 4) is 11.5 Å². The van der Waals surface area contributed by atoms with Gasteiger partial charge in [-0.3, -0.25) is 0 Å². The van der Waals surface area contributed by atoms with E-state index in [9.17, 15) is 4.79 Å². The first-order valence-electron chi connectivity index (χ1n) is 6.98. The summed E-state index contributed by atoms with van der Waals surface area (Å²) >= 11 is 12.1. The number of aliphatic imine (C=N–C) groups is 1. The van der Waals surface area contributed by atoms with Gasteiger partial charge in [-0.05, 0) is 35.9 Å². The van der Waals surface area contributed by atoms with Crippen molar-refractivity contribution in [2.45, 2.75) is 0 Å². The quantitative estimate of drug-likeness (QED) is 0.597. The Balaban J connectivity index is 1.70. The number of esters is 1. The largest absolute Gasteiger partial charge is 0.454 e. The molecule has 5 nitrogen and oxygen atoms in total. The van der Waals surface area contributed by atoms with Crippen LogP contribution in [0.15, 0.2) is 47.1 Å². The molecule has 0 fully saturated rings. The van der Waals surface area contributed by atoms with Crippen molar-refractivity contribution in [2.24, 2.45) is 4.99 Å². The third kappa shape index (κ3) is 2.62. The van der Waals surface area contributed by atoms with E-state index >= 15 is 0 Å². The van der Waals surface area contributed by atoms with Crippen molar-refractivity contribution in [2.75, 3.05) is 6.79 Å². The second-order valence-electron chi connectivity index (χ2n) is 5.05. The molecule has 0 radical (unpaired) electrons. The average Bonchev–Trinajstić information content (AvgIpc) is 3.17. The summed E-state index contributed by atoms with van der Waals surface area (Å²) < 4.78 is 15.8. The SMILES string of the molecule is O=C1OC(c2cccc(Cl)c2Cl)=N/C1=C/c1ccc2c(c1)OCO2. The lowest BCUT2D eigenvalue weighted by Gasteiger charge is -2.03. The van der Waals surface area contributed by atoms with E-state index in [1.54, 1.807) is 42.5 Å². The number of fused-ring (bicyclic) bond motifs is 1. The zero-order valence-electron chi connectivity index (χ0n) is 12.1. The summed E-state index contributed by atoms with van der Waals surface area (Å²) in [6.45, 7) is 0.187. The maximum atomic E-state index is 12.1. The number of carbonyl (C=O) groups is 1. The number of nitrogens with zero attached hydrogens (tertiary/aromatic N) is 1. The van der Waals surface area contributed by atoms with Gasteiger partial charge in [0.25, 0.3) is 0 Å². The maximum Gasteiger partial charge on any atom is 0.363 e. The Morgan fingerprint density at radius 3 is 2.79 bits per heavy atom. The molecule has 2 heterocycles. The normalized spacial score (nSPS) is 17.2. The first-order chi connectivity index (χ1) is 11.6. The summed E-state index contributed by atoms with van der Waals surface area (Å²) in [5, 5.41) is 0.649. The van der Waals surface area contributed by atoms with Crippen molar-refractivity contribution in [1.82, 2.24) is 0 Å². The highest BCUT2D eigenvalue weighted by Gasteiger charge is 2.26. The minimum atomic E-state index is -0.557. The Morgan fingerprint density at radius 2 is 1.92 bits per heavy atom. The zero-order valence-corrected chi connectivity index (χ0v) is 13.6. The molecule has 0 N–H and O–H groups in total. The number of cyclic esters (lactones) is 1. The van der Waals surface area contributed by atoms with E-state index in [1.165, 1.54) is 0 Å². The number of hydrogen-bond acceptors (Lipinski definition) is 5. The summed E-state index contributed by atoms with van der Waals surface area (Å²) in [7, 11) is 0. The molecular weight excluding hydrogens is 353 g/mol. The Morgan fingerprint density at radius 1 is 1.08 bits per heavy atom. The van der Waals surface area contributed by atoms with Crippen LogP contribution in [0.2, 0.25) is 10.0 Å². The van der Waals surface area contributed by atoms with Gasteiger partial charge in [0.1, 0.15) is 0 Å². The molecule has 0 bridgehead atoms. The Labute approximate surface area is 147 Å². The van der Waals surface area contributed by atoms with Crippen LogP contribution < -0.4 is 9.47 Å². The van der Waals surface area contributed by atoms with Crippen molar-refractivity contribution in [1.29, 1.82) is 0 Å². The number of carbonyl (C=O) groups excluding carboxylic acids is 1. The second kappa shape index (κ2) is 5.85. The van der Waals surface area contributed by atoms with Crippen LogP contribution in [0.5, 0.6) is 11.5 Å². The molecule has 0 saturated carbocycles. The minimum Gasteiger partial charge on any atom is -0.454 e. The van der Waals surface area contributed by atoms with Crippen molar-refractivity contribution in [3.05, 3.63) is 63.3 Å². The summed E-state index contributed by atoms with van der Waals surface area (Å²) in [4.78, 5) is 16.3. The van der Waals surface area contributed by atoms with Crippen LogP contribution in [0.25, 0.3) is 6.08 Å². The van der Waals surface area contributed by atoms with Gasteiger partial charge in [-0.15, -0.1) is 0 Å². The summed E-state index contributed by atoms with van der Waals surface area (Å²) in [6.07, 6.45) is 1.61. The van der Waals surface area contributed by atoms with Crippen molar-refractivity contribution in [3.63, 3.8) is 0 Å². The third-order valence-electron chi connectivity index (χ3n) is 3.50. The smallest absolute Gasteiger partial charge is 0.363 e. The molecule has 0 amide bonds. The molecular formula is C17H9Cl2NO4. The van der Waals surface area contributed by atoms with Crippen LogP contribution in [-0.4, -0.2) is 18.7 Å². The Kier molecular flexibility index (Phi) is 3.67. The van der Waals surface area contributed by atoms with Crippen LogP contribution in [0.1, 0.15) is 11.1 Å². The van der Waals surface area contributed by atoms with Gasteiger partial charge in [0.15, 0.2) is 17.2 Å². The fourth-order valence-electron chi connectivity index (χ4n) is 2.35. The molecule has 0 aliphatic carbocycles. The van der Waals surface area contributed by atoms with Crippen molar-refractivity contribution >= 4 is 41.1 Å². The van der Waals surface area contributed by atoms with E-state index in [2.05, 4.69) is 4.99 Å². The molecule has 7 heteroatoms. The fraction of sp³-hybridized carbons (Fsp3) is 0.0588. The topological polar surface area (TPSA) is 57.1 Å². The van der Waals surface area contributed by atoms with Crippen LogP contribution in [0, 0.1) is 0 Å². The average molecular weight is 362 g/mol.